The Morgan fingerprint density at radius 3 is 1.70 bits per heavy atom. The predicted octanol–water partition coefficient (Wildman–Crippen LogP) is 3.26. The van der Waals surface area contributed by atoms with Gasteiger partial charge in [0.2, 0.25) is 0 Å². The zero-order valence-corrected chi connectivity index (χ0v) is 7.59. The van der Waals surface area contributed by atoms with Gasteiger partial charge in [0.1, 0.15) is 0 Å². The minimum absolute atomic E-state index is 1.42. The molecule has 0 amide bonds. The van der Waals surface area contributed by atoms with Crippen molar-refractivity contribution in [3.8, 4) is 0 Å². The molecule has 2 heterocycles. The number of rotatable bonds is 0. The van der Waals surface area contributed by atoms with E-state index in [2.05, 4.69) is 11.8 Å². The smallest absolute Gasteiger partial charge is 0.00672 e. The average Bonchev–Trinajstić information content (AvgIpc) is 2.67. The summed E-state index contributed by atoms with van der Waals surface area (Å²) in [6.07, 6.45) is 2.93. The van der Waals surface area contributed by atoms with Crippen molar-refractivity contribution in [3.63, 3.8) is 0 Å². The quantitative estimate of drug-likeness (QED) is 0.579. The maximum atomic E-state index is 2.07. The lowest BCUT2D eigenvalue weighted by Crippen LogP contribution is -1.58. The zero-order valence-electron chi connectivity index (χ0n) is 5.95. The summed E-state index contributed by atoms with van der Waals surface area (Å²) in [6.45, 7) is 0. The molecule has 2 heteroatoms. The molecule has 56 valence electrons. The van der Waals surface area contributed by atoms with Crippen LogP contribution in [0, 0.1) is 0 Å². The fourth-order valence-corrected chi connectivity index (χ4v) is 2.21. The molecule has 0 unspecified atom stereocenters. The van der Waals surface area contributed by atoms with Crippen molar-refractivity contribution < 1.29 is 0 Å². The third kappa shape index (κ3) is 3.96. The molecule has 1 fully saturated rings. The summed E-state index contributed by atoms with van der Waals surface area (Å²) in [5.74, 6) is 2.83. The third-order valence-electron chi connectivity index (χ3n) is 1.25. The van der Waals surface area contributed by atoms with Crippen molar-refractivity contribution in [1.29, 1.82) is 0 Å². The zero-order chi connectivity index (χ0) is 7.07. The molecule has 1 aliphatic heterocycles. The van der Waals surface area contributed by atoms with Crippen LogP contribution in [0.5, 0.6) is 0 Å². The molecule has 0 spiro atoms. The van der Waals surface area contributed by atoms with Crippen LogP contribution in [0.25, 0.3) is 0 Å². The summed E-state index contributed by atoms with van der Waals surface area (Å²) in [6, 6.07) is 4.04. The van der Waals surface area contributed by atoms with E-state index < -0.39 is 0 Å². The first-order valence-electron chi connectivity index (χ1n) is 3.55. The molecule has 0 aliphatic carbocycles. The van der Waals surface area contributed by atoms with Crippen molar-refractivity contribution in [2.45, 2.75) is 12.8 Å². The van der Waals surface area contributed by atoms with E-state index in [-0.39, 0.29) is 0 Å². The summed E-state index contributed by atoms with van der Waals surface area (Å²) in [5.41, 5.74) is 0. The van der Waals surface area contributed by atoms with Gasteiger partial charge in [-0.15, -0.1) is 0 Å². The van der Waals surface area contributed by atoms with Crippen LogP contribution in [-0.2, 0) is 0 Å². The van der Waals surface area contributed by atoms with Gasteiger partial charge in [0.25, 0.3) is 0 Å². The van der Waals surface area contributed by atoms with Crippen molar-refractivity contribution >= 4 is 23.1 Å². The molecule has 1 aliphatic rings. The molecule has 2 rings (SSSR count). The standard InChI is InChI=1S/C4H8S.C4H4S/c2*1-2-4-5-3-1/h1-4H2;1-4H. The lowest BCUT2D eigenvalue weighted by atomic mass is 10.4. The first-order chi connectivity index (χ1) is 5.00. The van der Waals surface area contributed by atoms with Crippen LogP contribution < -0.4 is 0 Å². The van der Waals surface area contributed by atoms with Crippen LogP contribution in [0.15, 0.2) is 22.9 Å². The van der Waals surface area contributed by atoms with Gasteiger partial charge in [-0.25, -0.2) is 0 Å². The van der Waals surface area contributed by atoms with E-state index in [0.717, 1.165) is 0 Å². The molecule has 0 atom stereocenters. The van der Waals surface area contributed by atoms with E-state index in [9.17, 15) is 0 Å². The molecular formula is C8H12S2. The Morgan fingerprint density at radius 1 is 0.900 bits per heavy atom. The second-order valence-corrected chi connectivity index (χ2v) is 4.15. The molecule has 0 aromatic carbocycles. The Morgan fingerprint density at radius 2 is 1.50 bits per heavy atom. The molecule has 10 heavy (non-hydrogen) atoms. The van der Waals surface area contributed by atoms with Gasteiger partial charge in [-0.1, -0.05) is 12.1 Å². The fourth-order valence-electron chi connectivity index (χ4n) is 0.737. The molecule has 1 aromatic heterocycles. The van der Waals surface area contributed by atoms with Crippen LogP contribution in [0.4, 0.5) is 0 Å². The number of thioether (sulfide) groups is 1. The Hall–Kier alpha value is 0.0500. The Kier molecular flexibility index (Phi) is 4.73. The molecule has 0 nitrogen and oxygen atoms in total. The van der Waals surface area contributed by atoms with Crippen LogP contribution in [-0.4, -0.2) is 11.5 Å². The van der Waals surface area contributed by atoms with Crippen LogP contribution in [0.1, 0.15) is 12.8 Å². The summed E-state index contributed by atoms with van der Waals surface area (Å²) >= 11 is 3.79. The predicted molar refractivity (Wildman–Crippen MR) is 50.9 cm³/mol. The highest BCUT2D eigenvalue weighted by Gasteiger charge is 1.95. The minimum Gasteiger partial charge on any atom is -0.162 e. The Balaban J connectivity index is 0.0000001000. The van der Waals surface area contributed by atoms with Gasteiger partial charge < -0.3 is 0 Å². The van der Waals surface area contributed by atoms with E-state index in [4.69, 9.17) is 0 Å². The highest BCUT2D eigenvalue weighted by atomic mass is 32.2. The fraction of sp³-hybridized carbons (Fsp3) is 0.500. The summed E-state index contributed by atoms with van der Waals surface area (Å²) in [4.78, 5) is 0. The van der Waals surface area contributed by atoms with Gasteiger partial charge in [-0.2, -0.15) is 23.1 Å². The van der Waals surface area contributed by atoms with E-state index in [1.54, 1.807) is 11.3 Å². The SMILES string of the molecule is C1CCSC1.c1ccsc1. The maximum Gasteiger partial charge on any atom is -0.00672 e. The average molecular weight is 172 g/mol. The van der Waals surface area contributed by atoms with Crippen LogP contribution in [0.2, 0.25) is 0 Å². The lowest BCUT2D eigenvalue weighted by molar-refractivity contribution is 0.949. The highest BCUT2D eigenvalue weighted by Crippen LogP contribution is 2.14. The molecule has 0 saturated carbocycles. The molecule has 1 saturated heterocycles. The molecule has 0 radical (unpaired) electrons. The van der Waals surface area contributed by atoms with Crippen molar-refractivity contribution in [3.05, 3.63) is 22.9 Å². The van der Waals surface area contributed by atoms with E-state index in [0.29, 0.717) is 0 Å². The lowest BCUT2D eigenvalue weighted by Gasteiger charge is -1.69. The summed E-state index contributed by atoms with van der Waals surface area (Å²) in [5, 5.41) is 4.08. The van der Waals surface area contributed by atoms with E-state index >= 15 is 0 Å². The van der Waals surface area contributed by atoms with Crippen molar-refractivity contribution in [1.82, 2.24) is 0 Å². The highest BCUT2D eigenvalue weighted by molar-refractivity contribution is 7.99. The van der Waals surface area contributed by atoms with Crippen molar-refractivity contribution in [2.24, 2.45) is 0 Å². The first-order valence-corrected chi connectivity index (χ1v) is 5.65. The number of hydrogen-bond donors (Lipinski definition) is 0. The molecule has 1 aromatic rings. The van der Waals surface area contributed by atoms with Gasteiger partial charge in [-0.3, -0.25) is 0 Å². The largest absolute Gasteiger partial charge is 0.162 e. The number of hydrogen-bond acceptors (Lipinski definition) is 2. The normalized spacial score (nSPS) is 16.0. The van der Waals surface area contributed by atoms with Gasteiger partial charge in [-0.05, 0) is 35.1 Å². The van der Waals surface area contributed by atoms with Crippen molar-refractivity contribution in [2.75, 3.05) is 11.5 Å². The van der Waals surface area contributed by atoms with Gasteiger partial charge in [0.05, 0.1) is 0 Å². The number of thiophene rings is 1. The third-order valence-corrected chi connectivity index (χ3v) is 3.04. The van der Waals surface area contributed by atoms with Crippen LogP contribution in [0.3, 0.4) is 0 Å². The molecular weight excluding hydrogens is 160 g/mol. The molecule has 0 N–H and O–H groups in total. The monoisotopic (exact) mass is 172 g/mol. The Labute approximate surface area is 70.7 Å². The maximum absolute atomic E-state index is 2.07. The first kappa shape index (κ1) is 8.15. The van der Waals surface area contributed by atoms with Crippen LogP contribution >= 0.6 is 23.1 Å². The summed E-state index contributed by atoms with van der Waals surface area (Å²) in [7, 11) is 0. The molecule has 0 bridgehead atoms. The second kappa shape index (κ2) is 5.81. The van der Waals surface area contributed by atoms with E-state index in [1.807, 2.05) is 22.9 Å². The van der Waals surface area contributed by atoms with Gasteiger partial charge in [0.15, 0.2) is 0 Å². The second-order valence-electron chi connectivity index (χ2n) is 2.11. The van der Waals surface area contributed by atoms with Gasteiger partial charge in [0, 0.05) is 0 Å². The topological polar surface area (TPSA) is 0 Å². The Bertz CT molecular complexity index is 106. The summed E-state index contributed by atoms with van der Waals surface area (Å²) < 4.78 is 0. The minimum atomic E-state index is 1.42. The van der Waals surface area contributed by atoms with E-state index in [1.165, 1.54) is 24.3 Å². The van der Waals surface area contributed by atoms with Gasteiger partial charge >= 0.3 is 0 Å².